The molecule has 0 fully saturated rings. The van der Waals surface area contributed by atoms with Gasteiger partial charge < -0.3 is 15.7 Å². The molecule has 0 aliphatic carbocycles. The number of nitrogens with zero attached hydrogens (tertiary/aromatic N) is 4. The monoisotopic (exact) mass is 247 g/mol. The standard InChI is InChI=1S/C11H13N5O2/c1-15(8-2-4-9(17)5-3-8)10(18)6-16-7-13-11(12)14-16/h2-5,7,17H,6H2,1H3,(H2,12,14). The van der Waals surface area contributed by atoms with Crippen molar-refractivity contribution >= 4 is 17.5 Å². The van der Waals surface area contributed by atoms with Gasteiger partial charge in [-0.15, -0.1) is 5.10 Å². The largest absolute Gasteiger partial charge is 0.508 e. The third-order valence-corrected chi connectivity index (χ3v) is 2.46. The van der Waals surface area contributed by atoms with E-state index < -0.39 is 0 Å². The summed E-state index contributed by atoms with van der Waals surface area (Å²) in [6.45, 7) is 0.0571. The normalized spacial score (nSPS) is 10.3. The molecule has 94 valence electrons. The van der Waals surface area contributed by atoms with E-state index in [1.807, 2.05) is 0 Å². The first-order valence-corrected chi connectivity index (χ1v) is 5.27. The number of phenols is 1. The number of carbonyl (C=O) groups excluding carboxylic acids is 1. The number of nitrogens with two attached hydrogens (primary N) is 1. The number of benzene rings is 1. The van der Waals surface area contributed by atoms with E-state index in [0.29, 0.717) is 5.69 Å². The predicted octanol–water partition coefficient (Wildman–Crippen LogP) is 0.229. The van der Waals surface area contributed by atoms with Crippen LogP contribution in [0.15, 0.2) is 30.6 Å². The molecule has 0 bridgehead atoms. The van der Waals surface area contributed by atoms with Crippen molar-refractivity contribution in [2.24, 2.45) is 0 Å². The zero-order chi connectivity index (χ0) is 13.1. The van der Waals surface area contributed by atoms with Crippen molar-refractivity contribution < 1.29 is 9.90 Å². The molecule has 2 rings (SSSR count). The van der Waals surface area contributed by atoms with Crippen LogP contribution in [-0.2, 0) is 11.3 Å². The van der Waals surface area contributed by atoms with Gasteiger partial charge in [0.1, 0.15) is 18.6 Å². The lowest BCUT2D eigenvalue weighted by atomic mass is 10.3. The predicted molar refractivity (Wildman–Crippen MR) is 66.0 cm³/mol. The van der Waals surface area contributed by atoms with Gasteiger partial charge in [0.25, 0.3) is 0 Å². The first-order chi connectivity index (χ1) is 8.56. The van der Waals surface area contributed by atoms with E-state index in [4.69, 9.17) is 5.73 Å². The Morgan fingerprint density at radius 3 is 2.67 bits per heavy atom. The molecule has 7 heteroatoms. The Labute approximate surface area is 103 Å². The number of anilines is 2. The van der Waals surface area contributed by atoms with Gasteiger partial charge in [-0.2, -0.15) is 0 Å². The summed E-state index contributed by atoms with van der Waals surface area (Å²) >= 11 is 0. The summed E-state index contributed by atoms with van der Waals surface area (Å²) < 4.78 is 1.37. The fourth-order valence-electron chi connectivity index (χ4n) is 1.45. The van der Waals surface area contributed by atoms with Gasteiger partial charge in [0, 0.05) is 12.7 Å². The van der Waals surface area contributed by atoms with E-state index in [2.05, 4.69) is 10.1 Å². The number of phenolic OH excluding ortho intramolecular Hbond substituents is 1. The molecular formula is C11H13N5O2. The van der Waals surface area contributed by atoms with Crippen LogP contribution in [0.3, 0.4) is 0 Å². The lowest BCUT2D eigenvalue weighted by Gasteiger charge is -2.17. The second-order valence-electron chi connectivity index (χ2n) is 3.77. The van der Waals surface area contributed by atoms with Crippen molar-refractivity contribution in [3.63, 3.8) is 0 Å². The van der Waals surface area contributed by atoms with Gasteiger partial charge in [0.05, 0.1) is 0 Å². The highest BCUT2D eigenvalue weighted by molar-refractivity contribution is 5.92. The van der Waals surface area contributed by atoms with E-state index in [9.17, 15) is 9.90 Å². The molecule has 0 atom stereocenters. The lowest BCUT2D eigenvalue weighted by molar-refractivity contribution is -0.119. The molecule has 1 heterocycles. The van der Waals surface area contributed by atoms with E-state index in [-0.39, 0.29) is 24.1 Å². The Bertz CT molecular complexity index is 549. The maximum Gasteiger partial charge on any atom is 0.248 e. The van der Waals surface area contributed by atoms with Gasteiger partial charge in [-0.3, -0.25) is 4.79 Å². The van der Waals surface area contributed by atoms with E-state index in [0.717, 1.165) is 0 Å². The number of hydrogen-bond acceptors (Lipinski definition) is 5. The highest BCUT2D eigenvalue weighted by Gasteiger charge is 2.12. The summed E-state index contributed by atoms with van der Waals surface area (Å²) in [4.78, 5) is 17.1. The Kier molecular flexibility index (Phi) is 3.13. The number of aromatic nitrogens is 3. The van der Waals surface area contributed by atoms with Crippen molar-refractivity contribution in [2.75, 3.05) is 17.7 Å². The Balaban J connectivity index is 2.07. The molecule has 1 aromatic carbocycles. The molecule has 0 saturated carbocycles. The molecule has 0 spiro atoms. The first-order valence-electron chi connectivity index (χ1n) is 5.27. The summed E-state index contributed by atoms with van der Waals surface area (Å²) in [5.41, 5.74) is 6.05. The number of likely N-dealkylation sites (N-methyl/N-ethyl adjacent to an activating group) is 1. The van der Waals surface area contributed by atoms with Crippen LogP contribution < -0.4 is 10.6 Å². The average Bonchev–Trinajstić information content (AvgIpc) is 2.75. The van der Waals surface area contributed by atoms with Gasteiger partial charge in [-0.05, 0) is 24.3 Å². The van der Waals surface area contributed by atoms with Gasteiger partial charge in [0.2, 0.25) is 11.9 Å². The molecule has 0 aliphatic rings. The quantitative estimate of drug-likeness (QED) is 0.809. The molecular weight excluding hydrogens is 234 g/mol. The number of carbonyl (C=O) groups is 1. The zero-order valence-electron chi connectivity index (χ0n) is 9.82. The average molecular weight is 247 g/mol. The minimum absolute atomic E-state index is 0.0571. The summed E-state index contributed by atoms with van der Waals surface area (Å²) in [5.74, 6) is 0.129. The molecule has 7 nitrogen and oxygen atoms in total. The van der Waals surface area contributed by atoms with E-state index >= 15 is 0 Å². The van der Waals surface area contributed by atoms with Gasteiger partial charge in [-0.1, -0.05) is 0 Å². The van der Waals surface area contributed by atoms with Crippen LogP contribution in [0, 0.1) is 0 Å². The number of amides is 1. The molecule has 0 aliphatic heterocycles. The summed E-state index contributed by atoms with van der Waals surface area (Å²) in [6, 6.07) is 6.35. The third kappa shape index (κ3) is 2.57. The van der Waals surface area contributed by atoms with Crippen LogP contribution in [0.1, 0.15) is 0 Å². The SMILES string of the molecule is CN(C(=O)Cn1cnc(N)n1)c1ccc(O)cc1. The fourth-order valence-corrected chi connectivity index (χ4v) is 1.45. The molecule has 0 unspecified atom stereocenters. The summed E-state index contributed by atoms with van der Waals surface area (Å²) in [6.07, 6.45) is 1.40. The summed E-state index contributed by atoms with van der Waals surface area (Å²) in [7, 11) is 1.65. The van der Waals surface area contributed by atoms with Crippen molar-refractivity contribution in [2.45, 2.75) is 6.54 Å². The number of aromatic hydroxyl groups is 1. The van der Waals surface area contributed by atoms with Gasteiger partial charge in [-0.25, -0.2) is 9.67 Å². The molecule has 1 amide bonds. The second kappa shape index (κ2) is 4.74. The minimum atomic E-state index is -0.161. The smallest absolute Gasteiger partial charge is 0.248 e. The van der Waals surface area contributed by atoms with Crippen molar-refractivity contribution in [3.05, 3.63) is 30.6 Å². The zero-order valence-corrected chi connectivity index (χ0v) is 9.82. The molecule has 0 radical (unpaired) electrons. The van der Waals surface area contributed by atoms with Crippen molar-refractivity contribution in [1.82, 2.24) is 14.8 Å². The number of nitrogen functional groups attached to an aromatic ring is 1. The Hall–Kier alpha value is -2.57. The van der Waals surface area contributed by atoms with E-state index in [1.54, 1.807) is 19.2 Å². The van der Waals surface area contributed by atoms with Crippen molar-refractivity contribution in [1.29, 1.82) is 0 Å². The maximum atomic E-state index is 11.9. The highest BCUT2D eigenvalue weighted by Crippen LogP contribution is 2.17. The van der Waals surface area contributed by atoms with Crippen LogP contribution in [0.5, 0.6) is 5.75 Å². The minimum Gasteiger partial charge on any atom is -0.508 e. The Morgan fingerprint density at radius 2 is 2.11 bits per heavy atom. The molecule has 2 aromatic rings. The maximum absolute atomic E-state index is 11.9. The van der Waals surface area contributed by atoms with E-state index in [1.165, 1.54) is 28.0 Å². The van der Waals surface area contributed by atoms with Crippen LogP contribution in [-0.4, -0.2) is 32.8 Å². The van der Waals surface area contributed by atoms with Gasteiger partial charge >= 0.3 is 0 Å². The topological polar surface area (TPSA) is 97.3 Å². The molecule has 1 aromatic heterocycles. The second-order valence-corrected chi connectivity index (χ2v) is 3.77. The molecule has 0 saturated heterocycles. The third-order valence-electron chi connectivity index (χ3n) is 2.46. The summed E-state index contributed by atoms with van der Waals surface area (Å²) in [5, 5.41) is 13.0. The lowest BCUT2D eigenvalue weighted by Crippen LogP contribution is -2.30. The van der Waals surface area contributed by atoms with Crippen LogP contribution in [0.4, 0.5) is 11.6 Å². The van der Waals surface area contributed by atoms with Crippen LogP contribution in [0.25, 0.3) is 0 Å². The highest BCUT2D eigenvalue weighted by atomic mass is 16.3. The fraction of sp³-hybridized carbons (Fsp3) is 0.182. The van der Waals surface area contributed by atoms with Crippen LogP contribution in [0.2, 0.25) is 0 Å². The first kappa shape index (κ1) is 11.9. The van der Waals surface area contributed by atoms with Crippen molar-refractivity contribution in [3.8, 4) is 5.75 Å². The number of rotatable bonds is 3. The Morgan fingerprint density at radius 1 is 1.44 bits per heavy atom. The number of hydrogen-bond donors (Lipinski definition) is 2. The molecule has 18 heavy (non-hydrogen) atoms. The van der Waals surface area contributed by atoms with Crippen LogP contribution >= 0.6 is 0 Å². The van der Waals surface area contributed by atoms with Gasteiger partial charge in [0.15, 0.2) is 0 Å². The molecule has 3 N–H and O–H groups in total.